The molecule has 0 spiro atoms. The predicted molar refractivity (Wildman–Crippen MR) is 69.5 cm³/mol. The zero-order chi connectivity index (χ0) is 13.4. The standard InChI is InChI=1S/C7H15N.C6H6O3S/c1-2-8-6-4-3-5-7-8;7-10(8,9)6-4-2-1-3-5-6/h2-7H2,1H3;1-5H,(H,7,8,9). The van der Waals surface area contributed by atoms with Crippen molar-refractivity contribution >= 4 is 10.1 Å². The summed E-state index contributed by atoms with van der Waals surface area (Å²) >= 11 is 0. The number of hydrogen-bond donors (Lipinski definition) is 1. The first-order valence-electron chi connectivity index (χ1n) is 6.38. The number of quaternary nitrogens is 1. The first-order chi connectivity index (χ1) is 8.54. The average Bonchev–Trinajstić information content (AvgIpc) is 2.40. The third kappa shape index (κ3) is 5.62. The van der Waals surface area contributed by atoms with Crippen LogP contribution in [0.1, 0.15) is 26.2 Å². The van der Waals surface area contributed by atoms with Gasteiger partial charge in [-0.15, -0.1) is 0 Å². The highest BCUT2D eigenvalue weighted by molar-refractivity contribution is 7.85. The van der Waals surface area contributed by atoms with Crippen LogP contribution in [0.5, 0.6) is 0 Å². The fraction of sp³-hybridized carbons (Fsp3) is 0.538. The van der Waals surface area contributed by atoms with Crippen molar-refractivity contribution in [3.63, 3.8) is 0 Å². The minimum Gasteiger partial charge on any atom is -0.744 e. The van der Waals surface area contributed by atoms with Crippen molar-refractivity contribution in [2.24, 2.45) is 0 Å². The number of likely N-dealkylation sites (tertiary alicyclic amines) is 1. The zero-order valence-corrected chi connectivity index (χ0v) is 11.6. The van der Waals surface area contributed by atoms with E-state index < -0.39 is 10.1 Å². The highest BCUT2D eigenvalue weighted by Crippen LogP contribution is 2.04. The quantitative estimate of drug-likeness (QED) is 0.804. The fourth-order valence-electron chi connectivity index (χ4n) is 1.99. The monoisotopic (exact) mass is 271 g/mol. The molecule has 0 atom stereocenters. The Hall–Kier alpha value is -0.910. The summed E-state index contributed by atoms with van der Waals surface area (Å²) < 4.78 is 30.8. The van der Waals surface area contributed by atoms with Gasteiger partial charge in [0.05, 0.1) is 24.5 Å². The van der Waals surface area contributed by atoms with E-state index in [-0.39, 0.29) is 4.90 Å². The van der Waals surface area contributed by atoms with Crippen molar-refractivity contribution in [3.05, 3.63) is 30.3 Å². The van der Waals surface area contributed by atoms with Gasteiger partial charge < -0.3 is 9.45 Å². The second-order valence-electron chi connectivity index (χ2n) is 4.43. The molecule has 1 saturated heterocycles. The van der Waals surface area contributed by atoms with Gasteiger partial charge in [-0.1, -0.05) is 18.2 Å². The Kier molecular flexibility index (Phi) is 6.32. The number of piperidine rings is 1. The molecule has 2 rings (SSSR count). The van der Waals surface area contributed by atoms with E-state index in [0.717, 1.165) is 0 Å². The molecule has 1 aromatic rings. The molecule has 18 heavy (non-hydrogen) atoms. The van der Waals surface area contributed by atoms with Gasteiger partial charge in [-0.3, -0.25) is 0 Å². The van der Waals surface area contributed by atoms with Crippen LogP contribution in [0.4, 0.5) is 0 Å². The molecule has 1 aromatic carbocycles. The molecular formula is C13H21NO3S. The van der Waals surface area contributed by atoms with Crippen LogP contribution < -0.4 is 4.90 Å². The molecule has 0 amide bonds. The summed E-state index contributed by atoms with van der Waals surface area (Å²) in [6.07, 6.45) is 4.40. The molecule has 102 valence electrons. The molecule has 1 aliphatic heterocycles. The van der Waals surface area contributed by atoms with Crippen LogP contribution in [0.15, 0.2) is 35.2 Å². The molecule has 5 heteroatoms. The van der Waals surface area contributed by atoms with E-state index in [1.165, 1.54) is 63.2 Å². The van der Waals surface area contributed by atoms with Gasteiger partial charge in [0.25, 0.3) is 0 Å². The Morgan fingerprint density at radius 2 is 1.67 bits per heavy atom. The topological polar surface area (TPSA) is 61.6 Å². The first kappa shape index (κ1) is 15.1. The van der Waals surface area contributed by atoms with E-state index in [1.54, 1.807) is 11.0 Å². The molecule has 1 aliphatic rings. The predicted octanol–water partition coefficient (Wildman–Crippen LogP) is 0.666. The number of rotatable bonds is 2. The molecule has 1 N–H and O–H groups in total. The smallest absolute Gasteiger partial charge is 0.124 e. The van der Waals surface area contributed by atoms with Crippen molar-refractivity contribution in [2.45, 2.75) is 31.1 Å². The van der Waals surface area contributed by atoms with E-state index in [2.05, 4.69) is 6.92 Å². The lowest BCUT2D eigenvalue weighted by Gasteiger charge is -2.21. The number of nitrogens with one attached hydrogen (secondary N) is 1. The lowest BCUT2D eigenvalue weighted by Crippen LogP contribution is -3.12. The largest absolute Gasteiger partial charge is 0.744 e. The number of hydrogen-bond acceptors (Lipinski definition) is 3. The van der Waals surface area contributed by atoms with E-state index >= 15 is 0 Å². The molecule has 0 radical (unpaired) electrons. The lowest BCUT2D eigenvalue weighted by molar-refractivity contribution is -0.903. The van der Waals surface area contributed by atoms with Gasteiger partial charge in [-0.05, 0) is 38.3 Å². The minimum absolute atomic E-state index is 0.185. The second-order valence-corrected chi connectivity index (χ2v) is 5.81. The summed E-state index contributed by atoms with van der Waals surface area (Å²) in [6.45, 7) is 6.47. The van der Waals surface area contributed by atoms with Crippen molar-refractivity contribution < 1.29 is 17.9 Å². The van der Waals surface area contributed by atoms with Gasteiger partial charge in [0, 0.05) is 0 Å². The van der Waals surface area contributed by atoms with Crippen molar-refractivity contribution in [1.29, 1.82) is 0 Å². The van der Waals surface area contributed by atoms with Gasteiger partial charge in [-0.25, -0.2) is 8.42 Å². The fourth-order valence-corrected chi connectivity index (χ4v) is 2.48. The van der Waals surface area contributed by atoms with Crippen molar-refractivity contribution in [3.8, 4) is 0 Å². The van der Waals surface area contributed by atoms with E-state index in [4.69, 9.17) is 0 Å². The molecule has 1 fully saturated rings. The van der Waals surface area contributed by atoms with Crippen LogP contribution in [0.25, 0.3) is 0 Å². The first-order valence-corrected chi connectivity index (χ1v) is 7.79. The highest BCUT2D eigenvalue weighted by Gasteiger charge is 2.09. The molecule has 0 bridgehead atoms. The number of benzene rings is 1. The Labute approximate surface area is 109 Å². The van der Waals surface area contributed by atoms with Gasteiger partial charge in [0.15, 0.2) is 0 Å². The summed E-state index contributed by atoms with van der Waals surface area (Å²) in [5, 5.41) is 0. The molecule has 4 nitrogen and oxygen atoms in total. The summed E-state index contributed by atoms with van der Waals surface area (Å²) in [7, 11) is -4.25. The van der Waals surface area contributed by atoms with Crippen LogP contribution in [0.3, 0.4) is 0 Å². The van der Waals surface area contributed by atoms with Crippen LogP contribution in [0, 0.1) is 0 Å². The SMILES string of the molecule is CC[NH+]1CCCCC1.O=S(=O)([O-])c1ccccc1. The Balaban J connectivity index is 0.000000184. The second kappa shape index (κ2) is 7.51. The highest BCUT2D eigenvalue weighted by atomic mass is 32.2. The third-order valence-corrected chi connectivity index (χ3v) is 3.94. The third-order valence-electron chi connectivity index (χ3n) is 3.09. The molecule has 0 unspecified atom stereocenters. The van der Waals surface area contributed by atoms with Gasteiger partial charge in [-0.2, -0.15) is 0 Å². The van der Waals surface area contributed by atoms with Gasteiger partial charge >= 0.3 is 0 Å². The Morgan fingerprint density at radius 1 is 1.11 bits per heavy atom. The van der Waals surface area contributed by atoms with Gasteiger partial charge in [0.2, 0.25) is 0 Å². The molecule has 0 aromatic heterocycles. The van der Waals surface area contributed by atoms with Crippen molar-refractivity contribution in [1.82, 2.24) is 0 Å². The summed E-state index contributed by atoms with van der Waals surface area (Å²) in [4.78, 5) is 1.62. The van der Waals surface area contributed by atoms with E-state index in [0.29, 0.717) is 0 Å². The van der Waals surface area contributed by atoms with Gasteiger partial charge in [0.1, 0.15) is 10.1 Å². The maximum Gasteiger partial charge on any atom is 0.124 e. The molecular weight excluding hydrogens is 250 g/mol. The van der Waals surface area contributed by atoms with E-state index in [9.17, 15) is 13.0 Å². The average molecular weight is 271 g/mol. The molecule has 0 saturated carbocycles. The van der Waals surface area contributed by atoms with Crippen LogP contribution in [-0.2, 0) is 10.1 Å². The Bertz CT molecular complexity index is 425. The Morgan fingerprint density at radius 3 is 2.00 bits per heavy atom. The maximum atomic E-state index is 10.3. The summed E-state index contributed by atoms with van der Waals surface area (Å²) in [5.41, 5.74) is 0. The van der Waals surface area contributed by atoms with Crippen molar-refractivity contribution in [2.75, 3.05) is 19.6 Å². The zero-order valence-electron chi connectivity index (χ0n) is 10.8. The molecule has 0 aliphatic carbocycles. The normalized spacial score (nSPS) is 16.8. The summed E-state index contributed by atoms with van der Waals surface area (Å²) in [5.74, 6) is 0. The molecule has 1 heterocycles. The lowest BCUT2D eigenvalue weighted by atomic mass is 10.1. The van der Waals surface area contributed by atoms with Crippen LogP contribution >= 0.6 is 0 Å². The van der Waals surface area contributed by atoms with E-state index in [1.807, 2.05) is 0 Å². The maximum absolute atomic E-state index is 10.3. The van der Waals surface area contributed by atoms with Crippen LogP contribution in [0.2, 0.25) is 0 Å². The van der Waals surface area contributed by atoms with Crippen LogP contribution in [-0.4, -0.2) is 32.6 Å². The summed E-state index contributed by atoms with van der Waals surface area (Å²) in [6, 6.07) is 7.19. The minimum atomic E-state index is -4.25.